The molecule has 3 rings (SSSR count). The Bertz CT molecular complexity index is 854. The molecule has 0 amide bonds. The maximum atomic E-state index is 14.5. The van der Waals surface area contributed by atoms with Gasteiger partial charge >= 0.3 is 0 Å². The van der Waals surface area contributed by atoms with Gasteiger partial charge in [0.1, 0.15) is 10.7 Å². The number of pyridine rings is 1. The molecule has 1 aliphatic rings. The zero-order valence-corrected chi connectivity index (χ0v) is 14.8. The lowest BCUT2D eigenvalue weighted by Gasteiger charge is -2.23. The largest absolute Gasteiger partial charge is 0.493 e. The van der Waals surface area contributed by atoms with E-state index in [1.807, 2.05) is 0 Å². The summed E-state index contributed by atoms with van der Waals surface area (Å²) in [6, 6.07) is 5.58. The highest BCUT2D eigenvalue weighted by molar-refractivity contribution is 7.89. The van der Waals surface area contributed by atoms with E-state index in [9.17, 15) is 12.8 Å². The molecule has 0 spiro atoms. The number of ether oxygens (including phenoxy) is 2. The van der Waals surface area contributed by atoms with Crippen LogP contribution in [0.1, 0.15) is 18.4 Å². The minimum absolute atomic E-state index is 0.120. The lowest BCUT2D eigenvalue weighted by Crippen LogP contribution is -2.33. The molecule has 0 atom stereocenters. The molecular formula is C17H19FN2O4S. The van der Waals surface area contributed by atoms with Crippen LogP contribution in [0.2, 0.25) is 0 Å². The van der Waals surface area contributed by atoms with Crippen molar-refractivity contribution in [3.8, 4) is 11.5 Å². The predicted molar refractivity (Wildman–Crippen MR) is 89.5 cm³/mol. The van der Waals surface area contributed by atoms with Crippen molar-refractivity contribution in [3.05, 3.63) is 48.0 Å². The fourth-order valence-electron chi connectivity index (χ4n) is 2.60. The molecule has 1 fully saturated rings. The van der Waals surface area contributed by atoms with Crippen LogP contribution in [0.3, 0.4) is 0 Å². The van der Waals surface area contributed by atoms with Gasteiger partial charge in [0.2, 0.25) is 10.0 Å². The Morgan fingerprint density at radius 1 is 1.16 bits per heavy atom. The van der Waals surface area contributed by atoms with E-state index in [1.54, 1.807) is 24.5 Å². The number of hydrogen-bond acceptors (Lipinski definition) is 5. The van der Waals surface area contributed by atoms with Crippen molar-refractivity contribution in [3.63, 3.8) is 0 Å². The van der Waals surface area contributed by atoms with Crippen LogP contribution in [0.5, 0.6) is 11.5 Å². The number of nitrogens with zero attached hydrogens (tertiary/aromatic N) is 2. The van der Waals surface area contributed by atoms with E-state index < -0.39 is 20.7 Å². The van der Waals surface area contributed by atoms with E-state index in [4.69, 9.17) is 9.47 Å². The lowest BCUT2D eigenvalue weighted by molar-refractivity contribution is 0.348. The summed E-state index contributed by atoms with van der Waals surface area (Å²) in [4.78, 5) is 3.52. The van der Waals surface area contributed by atoms with E-state index in [2.05, 4.69) is 4.98 Å². The number of aromatic nitrogens is 1. The Morgan fingerprint density at radius 3 is 2.32 bits per heavy atom. The average Bonchev–Trinajstić information content (AvgIpc) is 3.44. The van der Waals surface area contributed by atoms with Gasteiger partial charge < -0.3 is 9.47 Å². The molecule has 0 saturated heterocycles. The minimum Gasteiger partial charge on any atom is -0.493 e. The molecule has 0 N–H and O–H groups in total. The number of methoxy groups -OCH3 is 2. The Labute approximate surface area is 146 Å². The zero-order chi connectivity index (χ0) is 18.0. The second kappa shape index (κ2) is 6.97. The van der Waals surface area contributed by atoms with E-state index >= 15 is 0 Å². The van der Waals surface area contributed by atoms with Crippen LogP contribution in [0.4, 0.5) is 4.39 Å². The van der Waals surface area contributed by atoms with Crippen molar-refractivity contribution in [2.24, 2.45) is 0 Å². The van der Waals surface area contributed by atoms with Crippen LogP contribution in [0, 0.1) is 5.82 Å². The summed E-state index contributed by atoms with van der Waals surface area (Å²) in [7, 11) is -1.28. The fourth-order valence-corrected chi connectivity index (χ4v) is 4.34. The third-order valence-electron chi connectivity index (χ3n) is 4.07. The molecule has 0 bridgehead atoms. The predicted octanol–water partition coefficient (Wildman–Crippen LogP) is 2.59. The quantitative estimate of drug-likeness (QED) is 0.753. The van der Waals surface area contributed by atoms with Gasteiger partial charge in [-0.05, 0) is 30.5 Å². The number of hydrogen-bond donors (Lipinski definition) is 0. The molecular weight excluding hydrogens is 347 g/mol. The van der Waals surface area contributed by atoms with E-state index in [0.29, 0.717) is 0 Å². The standard InChI is InChI=1S/C17H19FN2O4S/c1-23-15-9-14(18)17(10-16(15)24-2)25(21,22)20(13-3-4-13)11-12-5-7-19-8-6-12/h5-10,13H,3-4,11H2,1-2H3. The highest BCUT2D eigenvalue weighted by Gasteiger charge is 2.39. The van der Waals surface area contributed by atoms with Crippen molar-refractivity contribution in [2.45, 2.75) is 30.3 Å². The summed E-state index contributed by atoms with van der Waals surface area (Å²) in [6.07, 6.45) is 4.73. The molecule has 0 radical (unpaired) electrons. The number of sulfonamides is 1. The summed E-state index contributed by atoms with van der Waals surface area (Å²) in [5.41, 5.74) is 0.798. The van der Waals surface area contributed by atoms with Crippen molar-refractivity contribution < 1.29 is 22.3 Å². The SMILES string of the molecule is COc1cc(F)c(S(=O)(=O)N(Cc2ccncc2)C2CC2)cc1OC. The van der Waals surface area contributed by atoms with Gasteiger partial charge in [-0.15, -0.1) is 0 Å². The lowest BCUT2D eigenvalue weighted by atomic mass is 10.3. The molecule has 6 nitrogen and oxygen atoms in total. The summed E-state index contributed by atoms with van der Waals surface area (Å²) >= 11 is 0. The third-order valence-corrected chi connectivity index (χ3v) is 5.98. The number of halogens is 1. The van der Waals surface area contributed by atoms with Gasteiger partial charge in [0.25, 0.3) is 0 Å². The van der Waals surface area contributed by atoms with E-state index in [0.717, 1.165) is 24.5 Å². The zero-order valence-electron chi connectivity index (χ0n) is 14.0. The summed E-state index contributed by atoms with van der Waals surface area (Å²) < 4.78 is 52.1. The molecule has 1 aromatic heterocycles. The first-order valence-electron chi connectivity index (χ1n) is 7.79. The Morgan fingerprint density at radius 2 is 1.76 bits per heavy atom. The maximum Gasteiger partial charge on any atom is 0.246 e. The van der Waals surface area contributed by atoms with Gasteiger partial charge in [-0.2, -0.15) is 4.31 Å². The first kappa shape index (κ1) is 17.6. The summed E-state index contributed by atoms with van der Waals surface area (Å²) in [5, 5.41) is 0. The molecule has 8 heteroatoms. The molecule has 0 unspecified atom stereocenters. The van der Waals surface area contributed by atoms with Gasteiger partial charge in [0, 0.05) is 37.1 Å². The van der Waals surface area contributed by atoms with Crippen LogP contribution in [0.15, 0.2) is 41.6 Å². The van der Waals surface area contributed by atoms with Crippen LogP contribution < -0.4 is 9.47 Å². The molecule has 1 aliphatic carbocycles. The second-order valence-corrected chi connectivity index (χ2v) is 7.63. The highest BCUT2D eigenvalue weighted by atomic mass is 32.2. The minimum atomic E-state index is -4.02. The second-order valence-electron chi connectivity index (χ2n) is 5.77. The first-order valence-corrected chi connectivity index (χ1v) is 9.23. The van der Waals surface area contributed by atoms with Gasteiger partial charge in [0.15, 0.2) is 11.5 Å². The Hall–Kier alpha value is -2.19. The summed E-state index contributed by atoms with van der Waals surface area (Å²) in [6.45, 7) is 0.170. The van der Waals surface area contributed by atoms with Crippen LogP contribution in [0.25, 0.3) is 0 Å². The molecule has 134 valence electrons. The molecule has 1 saturated carbocycles. The van der Waals surface area contributed by atoms with Gasteiger partial charge in [-0.25, -0.2) is 12.8 Å². The van der Waals surface area contributed by atoms with E-state index in [1.165, 1.54) is 24.6 Å². The van der Waals surface area contributed by atoms with Crippen molar-refractivity contribution in [2.75, 3.05) is 14.2 Å². The number of rotatable bonds is 7. The average molecular weight is 366 g/mol. The topological polar surface area (TPSA) is 68.7 Å². The molecule has 2 aromatic rings. The Kier molecular flexibility index (Phi) is 4.91. The number of benzene rings is 1. The van der Waals surface area contributed by atoms with Gasteiger partial charge in [0.05, 0.1) is 14.2 Å². The monoisotopic (exact) mass is 366 g/mol. The van der Waals surface area contributed by atoms with Crippen molar-refractivity contribution in [1.82, 2.24) is 9.29 Å². The molecule has 25 heavy (non-hydrogen) atoms. The Balaban J connectivity index is 2.01. The molecule has 1 aromatic carbocycles. The maximum absolute atomic E-state index is 14.5. The van der Waals surface area contributed by atoms with Crippen molar-refractivity contribution in [1.29, 1.82) is 0 Å². The smallest absolute Gasteiger partial charge is 0.246 e. The summed E-state index contributed by atoms with van der Waals surface area (Å²) in [5.74, 6) is -0.550. The van der Waals surface area contributed by atoms with Gasteiger partial charge in [-0.1, -0.05) is 0 Å². The normalized spacial score (nSPS) is 14.6. The van der Waals surface area contributed by atoms with Crippen molar-refractivity contribution >= 4 is 10.0 Å². The fraction of sp³-hybridized carbons (Fsp3) is 0.353. The molecule has 1 heterocycles. The van der Waals surface area contributed by atoms with E-state index in [-0.39, 0.29) is 24.1 Å². The van der Waals surface area contributed by atoms with Gasteiger partial charge in [-0.3, -0.25) is 4.98 Å². The molecule has 0 aliphatic heterocycles. The van der Waals surface area contributed by atoms with Crippen LogP contribution in [-0.2, 0) is 16.6 Å². The highest BCUT2D eigenvalue weighted by Crippen LogP contribution is 2.37. The third kappa shape index (κ3) is 3.59. The van der Waals surface area contributed by atoms with Crippen LogP contribution >= 0.6 is 0 Å². The first-order chi connectivity index (χ1) is 12.0. The van der Waals surface area contributed by atoms with Crippen LogP contribution in [-0.4, -0.2) is 38.0 Å².